The van der Waals surface area contributed by atoms with Gasteiger partial charge in [0.05, 0.1) is 4.92 Å². The van der Waals surface area contributed by atoms with E-state index in [1.807, 2.05) is 0 Å². The molecule has 0 unspecified atom stereocenters. The normalized spacial score (nSPS) is 11.7. The van der Waals surface area contributed by atoms with E-state index in [1.165, 1.54) is 24.3 Å². The third kappa shape index (κ3) is 5.02. The van der Waals surface area contributed by atoms with Gasteiger partial charge in [0.1, 0.15) is 12.6 Å². The predicted molar refractivity (Wildman–Crippen MR) is 67.7 cm³/mol. The number of nitro benzene ring substituents is 1. The second-order valence-corrected chi connectivity index (χ2v) is 4.07. The summed E-state index contributed by atoms with van der Waals surface area (Å²) in [7, 11) is 0. The molecule has 0 amide bonds. The summed E-state index contributed by atoms with van der Waals surface area (Å²) in [5, 5.41) is 19.0. The Labute approximate surface area is 114 Å². The molecule has 1 atom stereocenters. The molecule has 0 fully saturated rings. The number of nitro groups is 1. The van der Waals surface area contributed by atoms with Gasteiger partial charge in [0, 0.05) is 18.6 Å². The van der Waals surface area contributed by atoms with Crippen molar-refractivity contribution in [1.29, 1.82) is 0 Å². The summed E-state index contributed by atoms with van der Waals surface area (Å²) in [4.78, 5) is 31.7. The number of carboxylic acid groups (broad SMARTS) is 1. The highest BCUT2D eigenvalue weighted by atomic mass is 16.6. The second kappa shape index (κ2) is 7.19. The standard InChI is InChI=1S/C12H14N2O6/c13-10(12(16)17)5-6-11(15)20-7-8-1-3-9(4-2-8)14(18)19/h1-4,10H,5-7,13H2,(H,16,17)/t10-/m0/s1. The van der Waals surface area contributed by atoms with Crippen molar-refractivity contribution in [2.75, 3.05) is 0 Å². The molecule has 0 aliphatic heterocycles. The number of carbonyl (C=O) groups is 2. The van der Waals surface area contributed by atoms with E-state index in [-0.39, 0.29) is 25.1 Å². The van der Waals surface area contributed by atoms with Crippen LogP contribution in [-0.4, -0.2) is 28.0 Å². The summed E-state index contributed by atoms with van der Waals surface area (Å²) in [6, 6.07) is 4.48. The third-order valence-electron chi connectivity index (χ3n) is 2.52. The molecular formula is C12H14N2O6. The van der Waals surface area contributed by atoms with Crippen LogP contribution >= 0.6 is 0 Å². The molecule has 0 saturated carbocycles. The Morgan fingerprint density at radius 1 is 1.35 bits per heavy atom. The van der Waals surface area contributed by atoms with Gasteiger partial charge in [0.25, 0.3) is 5.69 Å². The SMILES string of the molecule is N[C@@H](CCC(=O)OCc1ccc([N+](=O)[O-])cc1)C(=O)O. The molecule has 0 bridgehead atoms. The molecule has 0 aliphatic rings. The molecule has 8 nitrogen and oxygen atoms in total. The summed E-state index contributed by atoms with van der Waals surface area (Å²) >= 11 is 0. The van der Waals surface area contributed by atoms with Crippen LogP contribution in [0.2, 0.25) is 0 Å². The Kier molecular flexibility index (Phi) is 5.60. The fourth-order valence-electron chi connectivity index (χ4n) is 1.35. The van der Waals surface area contributed by atoms with Crippen molar-refractivity contribution >= 4 is 17.6 Å². The van der Waals surface area contributed by atoms with E-state index in [0.29, 0.717) is 5.56 Å². The number of carbonyl (C=O) groups excluding carboxylic acids is 1. The van der Waals surface area contributed by atoms with E-state index in [4.69, 9.17) is 15.6 Å². The minimum atomic E-state index is -1.17. The van der Waals surface area contributed by atoms with Crippen LogP contribution in [0.4, 0.5) is 5.69 Å². The van der Waals surface area contributed by atoms with E-state index in [0.717, 1.165) is 0 Å². The van der Waals surface area contributed by atoms with Crippen molar-refractivity contribution < 1.29 is 24.4 Å². The molecule has 0 aromatic heterocycles. The maximum absolute atomic E-state index is 11.3. The summed E-state index contributed by atoms with van der Waals surface area (Å²) in [5.41, 5.74) is 5.80. The zero-order valence-electron chi connectivity index (χ0n) is 10.5. The number of aliphatic carboxylic acids is 1. The maximum atomic E-state index is 11.3. The van der Waals surface area contributed by atoms with E-state index >= 15 is 0 Å². The highest BCUT2D eigenvalue weighted by Crippen LogP contribution is 2.12. The molecular weight excluding hydrogens is 268 g/mol. The molecule has 0 spiro atoms. The fraction of sp³-hybridized carbons (Fsp3) is 0.333. The number of esters is 1. The number of benzene rings is 1. The van der Waals surface area contributed by atoms with Crippen LogP contribution < -0.4 is 5.73 Å². The van der Waals surface area contributed by atoms with Gasteiger partial charge in [-0.05, 0) is 24.1 Å². The largest absolute Gasteiger partial charge is 0.480 e. The molecule has 0 saturated heterocycles. The van der Waals surface area contributed by atoms with Gasteiger partial charge in [-0.3, -0.25) is 19.7 Å². The van der Waals surface area contributed by atoms with Gasteiger partial charge in [-0.2, -0.15) is 0 Å². The Balaban J connectivity index is 2.37. The summed E-state index contributed by atoms with van der Waals surface area (Å²) in [5.74, 6) is -1.74. The lowest BCUT2D eigenvalue weighted by molar-refractivity contribution is -0.384. The number of rotatable bonds is 7. The molecule has 8 heteroatoms. The van der Waals surface area contributed by atoms with Crippen molar-refractivity contribution in [2.45, 2.75) is 25.5 Å². The van der Waals surface area contributed by atoms with Crippen molar-refractivity contribution in [3.05, 3.63) is 39.9 Å². The van der Waals surface area contributed by atoms with Gasteiger partial charge in [-0.15, -0.1) is 0 Å². The number of nitrogens with zero attached hydrogens (tertiary/aromatic N) is 1. The number of hydrogen-bond donors (Lipinski definition) is 2. The minimum absolute atomic E-state index is 0.00553. The highest BCUT2D eigenvalue weighted by molar-refractivity contribution is 5.75. The molecule has 0 radical (unpaired) electrons. The molecule has 0 heterocycles. The first kappa shape index (κ1) is 15.6. The van der Waals surface area contributed by atoms with Crippen molar-refractivity contribution in [3.63, 3.8) is 0 Å². The van der Waals surface area contributed by atoms with Crippen LogP contribution in [-0.2, 0) is 20.9 Å². The summed E-state index contributed by atoms with van der Waals surface area (Å²) in [6.07, 6.45) is -0.102. The van der Waals surface area contributed by atoms with Crippen molar-refractivity contribution in [3.8, 4) is 0 Å². The Morgan fingerprint density at radius 3 is 2.45 bits per heavy atom. The van der Waals surface area contributed by atoms with Crippen LogP contribution in [0, 0.1) is 10.1 Å². The van der Waals surface area contributed by atoms with Gasteiger partial charge in [-0.1, -0.05) is 0 Å². The van der Waals surface area contributed by atoms with Crippen LogP contribution in [0.5, 0.6) is 0 Å². The molecule has 3 N–H and O–H groups in total. The number of nitrogens with two attached hydrogens (primary N) is 1. The van der Waals surface area contributed by atoms with Gasteiger partial charge >= 0.3 is 11.9 Å². The number of ether oxygens (including phenoxy) is 1. The first-order chi connectivity index (χ1) is 9.40. The molecule has 1 aromatic carbocycles. The zero-order chi connectivity index (χ0) is 15.1. The van der Waals surface area contributed by atoms with E-state index in [2.05, 4.69) is 0 Å². The maximum Gasteiger partial charge on any atom is 0.320 e. The second-order valence-electron chi connectivity index (χ2n) is 4.07. The van der Waals surface area contributed by atoms with Crippen molar-refractivity contribution in [2.24, 2.45) is 5.73 Å². The quantitative estimate of drug-likeness (QED) is 0.430. The smallest absolute Gasteiger partial charge is 0.320 e. The molecule has 0 aliphatic carbocycles. The summed E-state index contributed by atoms with van der Waals surface area (Å²) in [6.45, 7) is -0.0286. The van der Waals surface area contributed by atoms with Gasteiger partial charge in [-0.25, -0.2) is 0 Å². The molecule has 20 heavy (non-hydrogen) atoms. The van der Waals surface area contributed by atoms with E-state index in [1.54, 1.807) is 0 Å². The van der Waals surface area contributed by atoms with Gasteiger partial charge in [0.15, 0.2) is 0 Å². The van der Waals surface area contributed by atoms with E-state index < -0.39 is 22.9 Å². The fourth-order valence-corrected chi connectivity index (χ4v) is 1.35. The van der Waals surface area contributed by atoms with Crippen molar-refractivity contribution in [1.82, 2.24) is 0 Å². The lowest BCUT2D eigenvalue weighted by Crippen LogP contribution is -2.30. The average Bonchev–Trinajstić information content (AvgIpc) is 2.42. The highest BCUT2D eigenvalue weighted by Gasteiger charge is 2.14. The van der Waals surface area contributed by atoms with Crippen LogP contribution in [0.1, 0.15) is 18.4 Å². The molecule has 1 rings (SSSR count). The lowest BCUT2D eigenvalue weighted by Gasteiger charge is -2.07. The summed E-state index contributed by atoms with van der Waals surface area (Å²) < 4.78 is 4.90. The van der Waals surface area contributed by atoms with Crippen LogP contribution in [0.25, 0.3) is 0 Å². The topological polar surface area (TPSA) is 133 Å². The average molecular weight is 282 g/mol. The van der Waals surface area contributed by atoms with Gasteiger partial charge < -0.3 is 15.6 Å². The zero-order valence-corrected chi connectivity index (χ0v) is 10.5. The minimum Gasteiger partial charge on any atom is -0.480 e. The van der Waals surface area contributed by atoms with E-state index in [9.17, 15) is 19.7 Å². The number of carboxylic acids is 1. The number of hydrogen-bond acceptors (Lipinski definition) is 6. The monoisotopic (exact) mass is 282 g/mol. The van der Waals surface area contributed by atoms with Gasteiger partial charge in [0.2, 0.25) is 0 Å². The van der Waals surface area contributed by atoms with Crippen LogP contribution in [0.3, 0.4) is 0 Å². The third-order valence-corrected chi connectivity index (χ3v) is 2.52. The molecule has 108 valence electrons. The Morgan fingerprint density at radius 2 is 1.95 bits per heavy atom. The first-order valence-electron chi connectivity index (χ1n) is 5.77. The Hall–Kier alpha value is -2.48. The number of non-ortho nitro benzene ring substituents is 1. The van der Waals surface area contributed by atoms with Crippen LogP contribution in [0.15, 0.2) is 24.3 Å². The molecule has 1 aromatic rings. The first-order valence-corrected chi connectivity index (χ1v) is 5.77. The lowest BCUT2D eigenvalue weighted by atomic mass is 10.2. The Bertz CT molecular complexity index is 499. The predicted octanol–water partition coefficient (Wildman–Crippen LogP) is 0.830.